The Labute approximate surface area is 196 Å². The average Bonchev–Trinajstić information content (AvgIpc) is 3.33. The second kappa shape index (κ2) is 9.11. The number of hydrogen-bond acceptors (Lipinski definition) is 6. The molecule has 0 radical (unpaired) electrons. The summed E-state index contributed by atoms with van der Waals surface area (Å²) in [5.41, 5.74) is 0.0108. The van der Waals surface area contributed by atoms with Crippen LogP contribution < -0.4 is 9.47 Å². The van der Waals surface area contributed by atoms with Gasteiger partial charge in [-0.1, -0.05) is 55.8 Å². The highest BCUT2D eigenvalue weighted by Crippen LogP contribution is 2.55. The minimum Gasteiger partial charge on any atom is -0.482 e. The van der Waals surface area contributed by atoms with E-state index in [0.717, 1.165) is 5.56 Å². The molecule has 0 bridgehead atoms. The highest BCUT2D eigenvalue weighted by molar-refractivity contribution is 6.30. The number of rotatable bonds is 8. The summed E-state index contributed by atoms with van der Waals surface area (Å²) in [6.07, 6.45) is -0.544. The van der Waals surface area contributed by atoms with Gasteiger partial charge in [-0.25, -0.2) is 0 Å². The van der Waals surface area contributed by atoms with Gasteiger partial charge in [0.15, 0.2) is 5.75 Å². The van der Waals surface area contributed by atoms with E-state index in [9.17, 15) is 14.9 Å². The van der Waals surface area contributed by atoms with Crippen molar-refractivity contribution in [3.8, 4) is 17.2 Å². The number of nitrogens with zero attached hydrogens (tertiary/aromatic N) is 1. The van der Waals surface area contributed by atoms with Gasteiger partial charge < -0.3 is 14.2 Å². The molecule has 33 heavy (non-hydrogen) atoms. The van der Waals surface area contributed by atoms with E-state index in [1.54, 1.807) is 0 Å². The molecule has 1 saturated carbocycles. The fourth-order valence-electron chi connectivity index (χ4n) is 3.68. The first-order valence-electron chi connectivity index (χ1n) is 10.3. The molecule has 1 fully saturated rings. The van der Waals surface area contributed by atoms with Crippen molar-refractivity contribution in [3.05, 3.63) is 93.5 Å². The first-order valence-corrected chi connectivity index (χ1v) is 10.7. The van der Waals surface area contributed by atoms with Crippen LogP contribution in [0.5, 0.6) is 17.2 Å². The highest BCUT2D eigenvalue weighted by atomic mass is 35.5. The molecule has 0 amide bonds. The Kier molecular flexibility index (Phi) is 6.24. The van der Waals surface area contributed by atoms with Gasteiger partial charge in [0.1, 0.15) is 30.1 Å². The molecule has 7 nitrogen and oxygen atoms in total. The minimum absolute atomic E-state index is 0.0727. The van der Waals surface area contributed by atoms with Gasteiger partial charge in [-0.3, -0.25) is 14.9 Å². The molecule has 170 valence electrons. The van der Waals surface area contributed by atoms with Crippen molar-refractivity contribution in [3.63, 3.8) is 0 Å². The molecular formula is C25H22ClNO6. The fraction of sp³-hybridized carbons (Fsp3) is 0.240. The van der Waals surface area contributed by atoms with Crippen LogP contribution in [-0.2, 0) is 16.1 Å². The summed E-state index contributed by atoms with van der Waals surface area (Å²) in [7, 11) is 0. The van der Waals surface area contributed by atoms with E-state index in [0.29, 0.717) is 11.5 Å². The Bertz CT molecular complexity index is 1180. The Morgan fingerprint density at radius 1 is 1.03 bits per heavy atom. The van der Waals surface area contributed by atoms with Crippen LogP contribution in [0.2, 0.25) is 5.02 Å². The largest absolute Gasteiger partial charge is 0.482 e. The lowest BCUT2D eigenvalue weighted by Gasteiger charge is -2.09. The monoisotopic (exact) mass is 467 g/mol. The van der Waals surface area contributed by atoms with E-state index >= 15 is 0 Å². The standard InChI is InChI=1S/C25H22ClNO6/c1-25(2)22(23(25)33-21-12-11-17(26)14-20(21)27(29)30)24(28)31-15-16-7-6-10-19(13-16)32-18-8-4-3-5-9-18/h3-14,22-23H,15H2,1-2H3. The summed E-state index contributed by atoms with van der Waals surface area (Å²) in [4.78, 5) is 23.5. The van der Waals surface area contributed by atoms with Gasteiger partial charge in [0, 0.05) is 16.5 Å². The maximum absolute atomic E-state index is 12.8. The summed E-state index contributed by atoms with van der Waals surface area (Å²) in [5, 5.41) is 11.6. The van der Waals surface area contributed by atoms with Crippen LogP contribution in [0.15, 0.2) is 72.8 Å². The van der Waals surface area contributed by atoms with Crippen molar-refractivity contribution in [1.29, 1.82) is 0 Å². The van der Waals surface area contributed by atoms with Crippen LogP contribution in [0.4, 0.5) is 5.69 Å². The molecule has 0 aromatic heterocycles. The quantitative estimate of drug-likeness (QED) is 0.223. The summed E-state index contributed by atoms with van der Waals surface area (Å²) >= 11 is 5.86. The fourth-order valence-corrected chi connectivity index (χ4v) is 3.84. The number of hydrogen-bond donors (Lipinski definition) is 0. The Hall–Kier alpha value is -3.58. The lowest BCUT2D eigenvalue weighted by atomic mass is 10.1. The second-order valence-corrected chi connectivity index (χ2v) is 8.81. The third kappa shape index (κ3) is 5.09. The summed E-state index contributed by atoms with van der Waals surface area (Å²) in [6.45, 7) is 3.80. The lowest BCUT2D eigenvalue weighted by Crippen LogP contribution is -2.13. The third-order valence-electron chi connectivity index (χ3n) is 5.61. The van der Waals surface area contributed by atoms with Gasteiger partial charge >= 0.3 is 11.7 Å². The van der Waals surface area contributed by atoms with Gasteiger partial charge in [-0.2, -0.15) is 0 Å². The van der Waals surface area contributed by atoms with Crippen LogP contribution in [0, 0.1) is 21.4 Å². The van der Waals surface area contributed by atoms with Gasteiger partial charge in [0.2, 0.25) is 0 Å². The van der Waals surface area contributed by atoms with Crippen molar-refractivity contribution < 1.29 is 23.9 Å². The lowest BCUT2D eigenvalue weighted by molar-refractivity contribution is -0.386. The molecular weight excluding hydrogens is 446 g/mol. The van der Waals surface area contributed by atoms with Gasteiger partial charge in [0.25, 0.3) is 0 Å². The molecule has 3 aromatic rings. The van der Waals surface area contributed by atoms with Crippen LogP contribution in [0.25, 0.3) is 0 Å². The van der Waals surface area contributed by atoms with E-state index in [-0.39, 0.29) is 23.1 Å². The molecule has 0 spiro atoms. The molecule has 4 rings (SSSR count). The van der Waals surface area contributed by atoms with Crippen molar-refractivity contribution in [2.45, 2.75) is 26.6 Å². The first-order chi connectivity index (χ1) is 15.8. The molecule has 3 aromatic carbocycles. The third-order valence-corrected chi connectivity index (χ3v) is 5.85. The van der Waals surface area contributed by atoms with Crippen molar-refractivity contribution in [1.82, 2.24) is 0 Å². The predicted octanol–water partition coefficient (Wildman–Crippen LogP) is 6.19. The number of halogens is 1. The molecule has 0 heterocycles. The number of benzene rings is 3. The van der Waals surface area contributed by atoms with Crippen LogP contribution in [0.3, 0.4) is 0 Å². The van der Waals surface area contributed by atoms with Gasteiger partial charge in [-0.05, 0) is 42.0 Å². The number of ether oxygens (including phenoxy) is 3. The maximum Gasteiger partial charge on any atom is 0.313 e. The van der Waals surface area contributed by atoms with E-state index in [2.05, 4.69) is 0 Å². The minimum atomic E-state index is -0.561. The zero-order chi connectivity index (χ0) is 23.6. The zero-order valence-electron chi connectivity index (χ0n) is 18.1. The summed E-state index contributed by atoms with van der Waals surface area (Å²) in [5.74, 6) is 0.455. The Balaban J connectivity index is 1.38. The average molecular weight is 468 g/mol. The highest BCUT2D eigenvalue weighted by Gasteiger charge is 2.65. The predicted molar refractivity (Wildman–Crippen MR) is 123 cm³/mol. The Morgan fingerprint density at radius 3 is 2.48 bits per heavy atom. The molecule has 0 saturated heterocycles. The van der Waals surface area contributed by atoms with Gasteiger partial charge in [0.05, 0.1) is 4.92 Å². The molecule has 0 N–H and O–H groups in total. The molecule has 8 heteroatoms. The van der Waals surface area contributed by atoms with E-state index < -0.39 is 28.3 Å². The van der Waals surface area contributed by atoms with E-state index in [1.807, 2.05) is 68.4 Å². The first kappa shape index (κ1) is 22.6. The number of para-hydroxylation sites is 1. The normalized spacial score (nSPS) is 18.3. The number of nitro groups is 1. The zero-order valence-corrected chi connectivity index (χ0v) is 18.8. The van der Waals surface area contributed by atoms with Crippen LogP contribution in [-0.4, -0.2) is 17.0 Å². The van der Waals surface area contributed by atoms with Crippen molar-refractivity contribution in [2.24, 2.45) is 11.3 Å². The molecule has 1 aliphatic rings. The van der Waals surface area contributed by atoms with E-state index in [4.69, 9.17) is 25.8 Å². The number of nitro benzene ring substituents is 1. The number of carbonyl (C=O) groups excluding carboxylic acids is 1. The second-order valence-electron chi connectivity index (χ2n) is 8.38. The SMILES string of the molecule is CC1(C)C(Oc2ccc(Cl)cc2[N+](=O)[O-])C1C(=O)OCc1cccc(Oc2ccccc2)c1. The maximum atomic E-state index is 12.8. The number of carbonyl (C=O) groups is 1. The summed E-state index contributed by atoms with van der Waals surface area (Å²) < 4.78 is 17.2. The Morgan fingerprint density at radius 2 is 1.76 bits per heavy atom. The van der Waals surface area contributed by atoms with E-state index in [1.165, 1.54) is 18.2 Å². The molecule has 1 aliphatic carbocycles. The molecule has 2 unspecified atom stereocenters. The number of esters is 1. The topological polar surface area (TPSA) is 87.9 Å². The molecule has 2 atom stereocenters. The van der Waals surface area contributed by atoms with Crippen molar-refractivity contribution in [2.75, 3.05) is 0 Å². The van der Waals surface area contributed by atoms with Crippen molar-refractivity contribution >= 4 is 23.3 Å². The smallest absolute Gasteiger partial charge is 0.313 e. The van der Waals surface area contributed by atoms with Crippen LogP contribution >= 0.6 is 11.6 Å². The van der Waals surface area contributed by atoms with Gasteiger partial charge in [-0.15, -0.1) is 0 Å². The summed E-state index contributed by atoms with van der Waals surface area (Å²) in [6, 6.07) is 20.9. The van der Waals surface area contributed by atoms with Crippen LogP contribution in [0.1, 0.15) is 19.4 Å². The molecule has 0 aliphatic heterocycles.